The lowest BCUT2D eigenvalue weighted by molar-refractivity contribution is -0.0785. The van der Waals surface area contributed by atoms with E-state index in [2.05, 4.69) is 10.9 Å². The van der Waals surface area contributed by atoms with E-state index in [0.29, 0.717) is 12.4 Å². The van der Waals surface area contributed by atoms with E-state index in [1.165, 1.54) is 11.3 Å². The van der Waals surface area contributed by atoms with Gasteiger partial charge in [0.15, 0.2) is 17.1 Å². The van der Waals surface area contributed by atoms with Crippen molar-refractivity contribution < 1.29 is 9.47 Å². The summed E-state index contributed by atoms with van der Waals surface area (Å²) in [5.74, 6) is 3.25. The van der Waals surface area contributed by atoms with Gasteiger partial charge in [-0.2, -0.15) is 0 Å². The molecular weight excluding hydrogens is 222 g/mol. The number of aromatic nitrogens is 1. The van der Waals surface area contributed by atoms with Crippen LogP contribution in [0.5, 0.6) is 0 Å². The maximum Gasteiger partial charge on any atom is 0.197 e. The lowest BCUT2D eigenvalue weighted by Crippen LogP contribution is -2.11. The van der Waals surface area contributed by atoms with E-state index in [1.54, 1.807) is 6.20 Å². The van der Waals surface area contributed by atoms with Crippen molar-refractivity contribution in [3.8, 4) is 12.3 Å². The number of hydrogen-bond donors (Lipinski definition) is 0. The number of thiazole rings is 1. The molecule has 0 amide bonds. The maximum atomic E-state index is 5.60. The van der Waals surface area contributed by atoms with Crippen molar-refractivity contribution in [2.75, 3.05) is 6.61 Å². The van der Waals surface area contributed by atoms with Crippen LogP contribution in [0.1, 0.15) is 30.7 Å². The van der Waals surface area contributed by atoms with Crippen molar-refractivity contribution in [3.63, 3.8) is 0 Å². The predicted octanol–water partition coefficient (Wildman–Crippen LogP) is 2.88. The summed E-state index contributed by atoms with van der Waals surface area (Å²) in [6.07, 6.45) is 8.53. The Morgan fingerprint density at radius 2 is 2.50 bits per heavy atom. The Labute approximate surface area is 100 Å². The average molecular weight is 237 g/mol. The minimum absolute atomic E-state index is 0.283. The van der Waals surface area contributed by atoms with Gasteiger partial charge in [0.2, 0.25) is 0 Å². The predicted molar refractivity (Wildman–Crippen MR) is 65.9 cm³/mol. The van der Waals surface area contributed by atoms with Gasteiger partial charge < -0.3 is 9.47 Å². The molecule has 0 aliphatic heterocycles. The van der Waals surface area contributed by atoms with Crippen LogP contribution >= 0.6 is 11.3 Å². The minimum atomic E-state index is -0.283. The summed E-state index contributed by atoms with van der Waals surface area (Å²) in [5, 5.41) is 0.780. The number of terminal acetylenes is 1. The number of nitrogens with zero attached hydrogens (tertiary/aromatic N) is 1. The van der Waals surface area contributed by atoms with Crippen molar-refractivity contribution in [3.05, 3.63) is 22.2 Å². The smallest absolute Gasteiger partial charge is 0.197 e. The average Bonchev–Trinajstić information content (AvgIpc) is 2.74. The molecule has 3 nitrogen and oxygen atoms in total. The molecule has 0 spiro atoms. The molecule has 0 saturated carbocycles. The van der Waals surface area contributed by atoms with E-state index in [4.69, 9.17) is 15.9 Å². The van der Waals surface area contributed by atoms with E-state index >= 15 is 0 Å². The van der Waals surface area contributed by atoms with Crippen molar-refractivity contribution in [2.45, 2.75) is 27.1 Å². The Hall–Kier alpha value is -1.31. The quantitative estimate of drug-likeness (QED) is 0.448. The summed E-state index contributed by atoms with van der Waals surface area (Å²) in [4.78, 5) is 4.99. The lowest BCUT2D eigenvalue weighted by Gasteiger charge is -2.15. The third kappa shape index (κ3) is 3.37. The van der Waals surface area contributed by atoms with Crippen LogP contribution in [0.3, 0.4) is 0 Å². The van der Waals surface area contributed by atoms with Crippen LogP contribution in [-0.4, -0.2) is 17.9 Å². The van der Waals surface area contributed by atoms with E-state index in [0.717, 1.165) is 9.88 Å². The highest BCUT2D eigenvalue weighted by Gasteiger charge is 2.11. The number of rotatable bonds is 5. The monoisotopic (exact) mass is 237 g/mol. The van der Waals surface area contributed by atoms with Crippen molar-refractivity contribution in [1.29, 1.82) is 0 Å². The maximum absolute atomic E-state index is 5.60. The van der Waals surface area contributed by atoms with Crippen molar-refractivity contribution in [2.24, 2.45) is 0 Å². The fraction of sp³-hybridized carbons (Fsp3) is 0.417. The molecule has 1 unspecified atom stereocenters. The molecule has 16 heavy (non-hydrogen) atoms. The standard InChI is InChI=1S/C12H15NO2S/c1-5-10-8-13-12(16-10)11(6-2)15-9(4)14-7-3/h1,6,8-9H,7H2,2-4H3. The first kappa shape index (κ1) is 12.8. The number of hydrogen-bond acceptors (Lipinski definition) is 4. The molecule has 1 atom stereocenters. The summed E-state index contributed by atoms with van der Waals surface area (Å²) in [7, 11) is 0. The van der Waals surface area contributed by atoms with Gasteiger partial charge in [-0.05, 0) is 26.8 Å². The molecule has 1 aromatic rings. The zero-order chi connectivity index (χ0) is 12.0. The molecule has 1 heterocycles. The zero-order valence-electron chi connectivity index (χ0n) is 9.69. The van der Waals surface area contributed by atoms with Crippen LogP contribution in [0, 0.1) is 12.3 Å². The van der Waals surface area contributed by atoms with Gasteiger partial charge in [-0.1, -0.05) is 5.92 Å². The Kier molecular flexibility index (Phi) is 5.03. The van der Waals surface area contributed by atoms with Gasteiger partial charge >= 0.3 is 0 Å². The summed E-state index contributed by atoms with van der Waals surface area (Å²) in [5.41, 5.74) is 0. The minimum Gasteiger partial charge on any atom is -0.462 e. The Bertz CT molecular complexity index is 403. The van der Waals surface area contributed by atoms with Crippen LogP contribution in [-0.2, 0) is 9.47 Å². The van der Waals surface area contributed by atoms with E-state index < -0.39 is 0 Å². The third-order valence-corrected chi connectivity index (χ3v) is 2.76. The Morgan fingerprint density at radius 1 is 1.75 bits per heavy atom. The molecular formula is C12H15NO2S. The van der Waals surface area contributed by atoms with Crippen molar-refractivity contribution >= 4 is 17.1 Å². The van der Waals surface area contributed by atoms with Crippen LogP contribution < -0.4 is 0 Å². The van der Waals surface area contributed by atoms with Gasteiger partial charge in [-0.25, -0.2) is 4.98 Å². The molecule has 0 fully saturated rings. The first-order valence-corrected chi connectivity index (χ1v) is 5.90. The molecule has 0 aromatic carbocycles. The molecule has 0 aliphatic carbocycles. The molecule has 1 rings (SSSR count). The first-order chi connectivity index (χ1) is 7.71. The second-order valence-corrected chi connectivity index (χ2v) is 4.00. The van der Waals surface area contributed by atoms with Crippen LogP contribution in [0.15, 0.2) is 12.3 Å². The summed E-state index contributed by atoms with van der Waals surface area (Å²) < 4.78 is 10.9. The fourth-order valence-electron chi connectivity index (χ4n) is 1.14. The van der Waals surface area contributed by atoms with E-state index in [1.807, 2.05) is 26.8 Å². The highest BCUT2D eigenvalue weighted by molar-refractivity contribution is 7.13. The summed E-state index contributed by atoms with van der Waals surface area (Å²) in [6, 6.07) is 0. The highest BCUT2D eigenvalue weighted by Crippen LogP contribution is 2.23. The molecule has 4 heteroatoms. The van der Waals surface area contributed by atoms with Crippen molar-refractivity contribution in [1.82, 2.24) is 4.98 Å². The van der Waals surface area contributed by atoms with Gasteiger partial charge in [0.1, 0.15) is 0 Å². The normalized spacial score (nSPS) is 13.2. The Morgan fingerprint density at radius 3 is 3.00 bits per heavy atom. The van der Waals surface area contributed by atoms with Gasteiger partial charge in [0, 0.05) is 6.61 Å². The molecule has 86 valence electrons. The van der Waals surface area contributed by atoms with Gasteiger partial charge in [0.05, 0.1) is 11.1 Å². The number of ether oxygens (including phenoxy) is 2. The Balaban J connectivity index is 2.72. The molecule has 0 bridgehead atoms. The molecule has 0 N–H and O–H groups in total. The van der Waals surface area contributed by atoms with E-state index in [-0.39, 0.29) is 6.29 Å². The van der Waals surface area contributed by atoms with Gasteiger partial charge in [0.25, 0.3) is 0 Å². The summed E-state index contributed by atoms with van der Waals surface area (Å²) in [6.45, 7) is 6.29. The second kappa shape index (κ2) is 6.31. The zero-order valence-corrected chi connectivity index (χ0v) is 10.5. The molecule has 0 aliphatic rings. The fourth-order valence-corrected chi connectivity index (χ4v) is 1.89. The van der Waals surface area contributed by atoms with Gasteiger partial charge in [-0.15, -0.1) is 17.8 Å². The first-order valence-electron chi connectivity index (χ1n) is 5.08. The second-order valence-electron chi connectivity index (χ2n) is 2.97. The lowest BCUT2D eigenvalue weighted by atomic mass is 10.5. The largest absolute Gasteiger partial charge is 0.462 e. The third-order valence-electron chi connectivity index (χ3n) is 1.82. The molecule has 1 aromatic heterocycles. The summed E-state index contributed by atoms with van der Waals surface area (Å²) >= 11 is 1.43. The molecule has 0 radical (unpaired) electrons. The van der Waals surface area contributed by atoms with Crippen LogP contribution in [0.4, 0.5) is 0 Å². The molecule has 0 saturated heterocycles. The van der Waals surface area contributed by atoms with E-state index in [9.17, 15) is 0 Å². The van der Waals surface area contributed by atoms with Crippen LogP contribution in [0.2, 0.25) is 0 Å². The SMILES string of the molecule is C#Cc1cnc(C(=CC)OC(C)OCC)s1. The topological polar surface area (TPSA) is 31.4 Å². The number of allylic oxidation sites excluding steroid dienone is 1. The highest BCUT2D eigenvalue weighted by atomic mass is 32.1. The van der Waals surface area contributed by atoms with Crippen LogP contribution in [0.25, 0.3) is 5.76 Å². The van der Waals surface area contributed by atoms with Gasteiger partial charge in [-0.3, -0.25) is 0 Å².